The third-order valence-corrected chi connectivity index (χ3v) is 4.64. The molecule has 2 rings (SSSR count). The summed E-state index contributed by atoms with van der Waals surface area (Å²) in [6, 6.07) is 11.4. The molecule has 146 valence electrons. The molecule has 0 unspecified atom stereocenters. The van der Waals surface area contributed by atoms with Gasteiger partial charge in [0, 0.05) is 5.56 Å². The monoisotopic (exact) mass is 392 g/mol. The maximum atomic E-state index is 12.4. The molecule has 0 fully saturated rings. The lowest BCUT2D eigenvalue weighted by Gasteiger charge is -2.11. The van der Waals surface area contributed by atoms with Gasteiger partial charge >= 0.3 is 0 Å². The van der Waals surface area contributed by atoms with Gasteiger partial charge in [0.1, 0.15) is 5.75 Å². The van der Waals surface area contributed by atoms with Crippen LogP contribution < -0.4 is 19.0 Å². The first kappa shape index (κ1) is 20.6. The minimum Gasteiger partial charge on any atom is -0.493 e. The highest BCUT2D eigenvalue weighted by atomic mass is 32.2. The van der Waals surface area contributed by atoms with Crippen molar-refractivity contribution in [2.75, 3.05) is 13.7 Å². The molecule has 7 nitrogen and oxygen atoms in total. The van der Waals surface area contributed by atoms with E-state index in [1.807, 2.05) is 20.8 Å². The molecule has 0 bridgehead atoms. The minimum atomic E-state index is -3.79. The molecule has 2 aromatic rings. The van der Waals surface area contributed by atoms with Crippen LogP contribution in [0.5, 0.6) is 17.2 Å². The number of rotatable bonds is 9. The van der Waals surface area contributed by atoms with E-state index in [1.165, 1.54) is 25.5 Å². The summed E-state index contributed by atoms with van der Waals surface area (Å²) in [5, 5.41) is 3.85. The van der Waals surface area contributed by atoms with Crippen molar-refractivity contribution in [1.82, 2.24) is 4.83 Å². The fourth-order valence-corrected chi connectivity index (χ4v) is 3.07. The summed E-state index contributed by atoms with van der Waals surface area (Å²) >= 11 is 0. The van der Waals surface area contributed by atoms with Crippen LogP contribution in [0.25, 0.3) is 0 Å². The van der Waals surface area contributed by atoms with Gasteiger partial charge in [-0.1, -0.05) is 6.07 Å². The maximum absolute atomic E-state index is 12.4. The van der Waals surface area contributed by atoms with Gasteiger partial charge in [-0.25, -0.2) is 4.83 Å². The lowest BCUT2D eigenvalue weighted by Crippen LogP contribution is -2.18. The fourth-order valence-electron chi connectivity index (χ4n) is 2.28. The van der Waals surface area contributed by atoms with Gasteiger partial charge in [0.05, 0.1) is 30.9 Å². The Balaban J connectivity index is 2.15. The van der Waals surface area contributed by atoms with Crippen molar-refractivity contribution in [1.29, 1.82) is 0 Å². The molecule has 1 N–H and O–H groups in total. The number of hydrazone groups is 1. The van der Waals surface area contributed by atoms with Crippen molar-refractivity contribution in [3.63, 3.8) is 0 Å². The number of hydrogen-bond acceptors (Lipinski definition) is 6. The van der Waals surface area contributed by atoms with Crippen LogP contribution in [0, 0.1) is 0 Å². The van der Waals surface area contributed by atoms with E-state index in [0.29, 0.717) is 29.4 Å². The molecular weight excluding hydrogens is 368 g/mol. The molecule has 0 atom stereocenters. The van der Waals surface area contributed by atoms with Crippen molar-refractivity contribution >= 4 is 16.2 Å². The third kappa shape index (κ3) is 5.62. The van der Waals surface area contributed by atoms with Gasteiger partial charge in [0.2, 0.25) is 0 Å². The Morgan fingerprint density at radius 3 is 2.44 bits per heavy atom. The van der Waals surface area contributed by atoms with Gasteiger partial charge in [0.15, 0.2) is 11.5 Å². The minimum absolute atomic E-state index is 0.0116. The van der Waals surface area contributed by atoms with Gasteiger partial charge in [-0.15, -0.1) is 0 Å². The lowest BCUT2D eigenvalue weighted by molar-refractivity contribution is 0.242. The number of methoxy groups -OCH3 is 1. The number of para-hydroxylation sites is 1. The highest BCUT2D eigenvalue weighted by Crippen LogP contribution is 2.30. The molecule has 0 aliphatic rings. The molecule has 0 heterocycles. The van der Waals surface area contributed by atoms with E-state index in [9.17, 15) is 8.42 Å². The van der Waals surface area contributed by atoms with Crippen molar-refractivity contribution < 1.29 is 22.6 Å². The smallest absolute Gasteiger partial charge is 0.276 e. The number of ether oxygens (including phenoxy) is 3. The zero-order valence-electron chi connectivity index (χ0n) is 15.8. The summed E-state index contributed by atoms with van der Waals surface area (Å²) in [5.41, 5.74) is 0.597. The summed E-state index contributed by atoms with van der Waals surface area (Å²) < 4.78 is 41.1. The van der Waals surface area contributed by atoms with Gasteiger partial charge in [0.25, 0.3) is 10.0 Å². The number of benzene rings is 2. The van der Waals surface area contributed by atoms with Crippen LogP contribution in [0.3, 0.4) is 0 Å². The van der Waals surface area contributed by atoms with E-state index < -0.39 is 10.0 Å². The number of sulfonamides is 1. The summed E-state index contributed by atoms with van der Waals surface area (Å²) in [6.07, 6.45) is 1.39. The Labute approximate surface area is 160 Å². The standard InChI is InChI=1S/C19H24N2O5S/c1-5-25-19-15(7-6-8-18(19)24-4)13-20-21-27(22,23)17-11-9-16(10-12-17)26-14(2)3/h6-14,21H,5H2,1-4H3/b20-13+. The van der Waals surface area contributed by atoms with E-state index in [0.717, 1.165) is 0 Å². The molecule has 0 radical (unpaired) electrons. The second kappa shape index (κ2) is 9.27. The Morgan fingerprint density at radius 2 is 1.85 bits per heavy atom. The normalized spacial score (nSPS) is 11.6. The molecule has 2 aromatic carbocycles. The van der Waals surface area contributed by atoms with Crippen LogP contribution in [-0.2, 0) is 10.0 Å². The predicted octanol–water partition coefficient (Wildman–Crippen LogP) is 3.19. The molecule has 0 aliphatic carbocycles. The van der Waals surface area contributed by atoms with Crippen LogP contribution in [0.1, 0.15) is 26.3 Å². The molecule has 8 heteroatoms. The average Bonchev–Trinajstić information content (AvgIpc) is 2.63. The summed E-state index contributed by atoms with van der Waals surface area (Å²) in [6.45, 7) is 6.09. The van der Waals surface area contributed by atoms with Crippen molar-refractivity contribution in [2.24, 2.45) is 5.10 Å². The zero-order chi connectivity index (χ0) is 19.9. The first-order chi connectivity index (χ1) is 12.9. The van der Waals surface area contributed by atoms with E-state index in [4.69, 9.17) is 14.2 Å². The predicted molar refractivity (Wildman–Crippen MR) is 104 cm³/mol. The highest BCUT2D eigenvalue weighted by Gasteiger charge is 2.13. The zero-order valence-corrected chi connectivity index (χ0v) is 16.6. The summed E-state index contributed by atoms with van der Waals surface area (Å²) in [4.78, 5) is 2.28. The van der Waals surface area contributed by atoms with Crippen LogP contribution in [0.2, 0.25) is 0 Å². The second-order valence-corrected chi connectivity index (χ2v) is 7.46. The maximum Gasteiger partial charge on any atom is 0.276 e. The molecular formula is C19H24N2O5S. The Hall–Kier alpha value is -2.74. The van der Waals surface area contributed by atoms with E-state index in [-0.39, 0.29) is 11.0 Å². The van der Waals surface area contributed by atoms with Crippen LogP contribution >= 0.6 is 0 Å². The average molecular weight is 392 g/mol. The van der Waals surface area contributed by atoms with Crippen LogP contribution in [0.4, 0.5) is 0 Å². The Morgan fingerprint density at radius 1 is 1.15 bits per heavy atom. The molecule has 0 spiro atoms. The van der Waals surface area contributed by atoms with E-state index >= 15 is 0 Å². The second-order valence-electron chi connectivity index (χ2n) is 5.80. The SMILES string of the molecule is CCOc1c(/C=N/NS(=O)(=O)c2ccc(OC(C)C)cc2)cccc1OC. The molecule has 0 amide bonds. The van der Waals surface area contributed by atoms with Crippen molar-refractivity contribution in [3.05, 3.63) is 48.0 Å². The highest BCUT2D eigenvalue weighted by molar-refractivity contribution is 7.89. The van der Waals surface area contributed by atoms with E-state index in [2.05, 4.69) is 9.93 Å². The molecule has 0 aliphatic heterocycles. The molecule has 0 saturated carbocycles. The first-order valence-corrected chi connectivity index (χ1v) is 9.97. The topological polar surface area (TPSA) is 86.2 Å². The fraction of sp³-hybridized carbons (Fsp3) is 0.316. The van der Waals surface area contributed by atoms with Gasteiger partial charge in [-0.3, -0.25) is 0 Å². The van der Waals surface area contributed by atoms with Crippen LogP contribution in [-0.4, -0.2) is 34.5 Å². The van der Waals surface area contributed by atoms with Gasteiger partial charge < -0.3 is 14.2 Å². The Kier molecular flexibility index (Phi) is 7.06. The quantitative estimate of drug-likeness (QED) is 0.523. The van der Waals surface area contributed by atoms with Crippen LogP contribution in [0.15, 0.2) is 52.5 Å². The third-order valence-electron chi connectivity index (χ3n) is 3.40. The lowest BCUT2D eigenvalue weighted by atomic mass is 10.2. The van der Waals surface area contributed by atoms with Crippen molar-refractivity contribution in [2.45, 2.75) is 31.8 Å². The van der Waals surface area contributed by atoms with Gasteiger partial charge in [-0.05, 0) is 57.2 Å². The number of nitrogens with zero attached hydrogens (tertiary/aromatic N) is 1. The molecule has 0 aromatic heterocycles. The summed E-state index contributed by atoms with van der Waals surface area (Å²) in [5.74, 6) is 1.65. The molecule has 0 saturated heterocycles. The number of hydrogen-bond donors (Lipinski definition) is 1. The van der Waals surface area contributed by atoms with Crippen molar-refractivity contribution in [3.8, 4) is 17.2 Å². The molecule has 27 heavy (non-hydrogen) atoms. The number of nitrogens with one attached hydrogen (secondary N) is 1. The Bertz CT molecular complexity index is 877. The summed E-state index contributed by atoms with van der Waals surface area (Å²) in [7, 11) is -2.26. The van der Waals surface area contributed by atoms with E-state index in [1.54, 1.807) is 30.3 Å². The largest absolute Gasteiger partial charge is 0.493 e. The van der Waals surface area contributed by atoms with Gasteiger partial charge in [-0.2, -0.15) is 13.5 Å². The first-order valence-electron chi connectivity index (χ1n) is 8.48.